The van der Waals surface area contributed by atoms with E-state index in [2.05, 4.69) is 15.9 Å². The number of carbonyl (C=O) groups is 1. The fourth-order valence-electron chi connectivity index (χ4n) is 0.911. The highest BCUT2D eigenvalue weighted by atomic mass is 79.9. The Bertz CT molecular complexity index is 329. The Morgan fingerprint density at radius 1 is 1.46 bits per heavy atom. The summed E-state index contributed by atoms with van der Waals surface area (Å²) < 4.78 is 1.01. The molecular formula is C11H11BrO. The molecule has 0 spiro atoms. The van der Waals surface area contributed by atoms with Crippen LogP contribution in [0.4, 0.5) is 0 Å². The van der Waals surface area contributed by atoms with Crippen molar-refractivity contribution in [3.05, 3.63) is 40.4 Å². The van der Waals surface area contributed by atoms with Crippen molar-refractivity contribution in [1.82, 2.24) is 0 Å². The van der Waals surface area contributed by atoms with Crippen molar-refractivity contribution in [2.45, 2.75) is 13.3 Å². The highest BCUT2D eigenvalue weighted by molar-refractivity contribution is 9.10. The first-order valence-electron chi connectivity index (χ1n) is 4.19. The lowest BCUT2D eigenvalue weighted by Crippen LogP contribution is -1.86. The van der Waals surface area contributed by atoms with E-state index in [0.29, 0.717) is 6.42 Å². The van der Waals surface area contributed by atoms with Crippen LogP contribution < -0.4 is 0 Å². The molecule has 0 saturated carbocycles. The summed E-state index contributed by atoms with van der Waals surface area (Å²) in [6.45, 7) is 1.85. The molecule has 1 aromatic rings. The first-order valence-corrected chi connectivity index (χ1v) is 4.98. The zero-order valence-electron chi connectivity index (χ0n) is 7.46. The van der Waals surface area contributed by atoms with Gasteiger partial charge in [-0.25, -0.2) is 0 Å². The van der Waals surface area contributed by atoms with Gasteiger partial charge >= 0.3 is 0 Å². The Hall–Kier alpha value is -0.890. The van der Waals surface area contributed by atoms with Crippen molar-refractivity contribution < 1.29 is 4.79 Å². The van der Waals surface area contributed by atoms with E-state index in [9.17, 15) is 4.79 Å². The lowest BCUT2D eigenvalue weighted by atomic mass is 10.2. The second-order valence-electron chi connectivity index (χ2n) is 2.67. The molecule has 0 N–H and O–H groups in total. The minimum absolute atomic E-state index is 0.149. The summed E-state index contributed by atoms with van der Waals surface area (Å²) >= 11 is 3.41. The Labute approximate surface area is 86.6 Å². The summed E-state index contributed by atoms with van der Waals surface area (Å²) in [6, 6.07) is 7.81. The largest absolute Gasteiger partial charge is 0.295 e. The van der Waals surface area contributed by atoms with Crippen molar-refractivity contribution in [1.29, 1.82) is 0 Å². The first-order chi connectivity index (χ1) is 6.24. The Morgan fingerprint density at radius 2 is 2.15 bits per heavy atom. The molecule has 0 aliphatic rings. The number of benzene rings is 1. The van der Waals surface area contributed by atoms with E-state index in [-0.39, 0.29) is 5.78 Å². The van der Waals surface area contributed by atoms with Crippen LogP contribution >= 0.6 is 15.9 Å². The average Bonchev–Trinajstić information content (AvgIpc) is 2.16. The lowest BCUT2D eigenvalue weighted by Gasteiger charge is -1.95. The van der Waals surface area contributed by atoms with Crippen LogP contribution in [0, 0.1) is 0 Å². The van der Waals surface area contributed by atoms with Gasteiger partial charge in [-0.05, 0) is 17.7 Å². The summed E-state index contributed by atoms with van der Waals surface area (Å²) in [6.07, 6.45) is 4.00. The lowest BCUT2D eigenvalue weighted by molar-refractivity contribution is -0.114. The van der Waals surface area contributed by atoms with Gasteiger partial charge in [0.1, 0.15) is 0 Å². The maximum absolute atomic E-state index is 11.0. The van der Waals surface area contributed by atoms with E-state index in [4.69, 9.17) is 0 Å². The Kier molecular flexibility index (Phi) is 3.90. The van der Waals surface area contributed by atoms with E-state index < -0.39 is 0 Å². The number of halogens is 1. The highest BCUT2D eigenvalue weighted by Crippen LogP contribution is 2.16. The molecule has 1 nitrogen and oxygen atoms in total. The normalized spacial score (nSPS) is 10.6. The van der Waals surface area contributed by atoms with Gasteiger partial charge in [-0.1, -0.05) is 47.1 Å². The van der Waals surface area contributed by atoms with Crippen LogP contribution in [0.25, 0.3) is 6.08 Å². The van der Waals surface area contributed by atoms with E-state index in [1.54, 1.807) is 6.08 Å². The van der Waals surface area contributed by atoms with Gasteiger partial charge in [0.25, 0.3) is 0 Å². The van der Waals surface area contributed by atoms with Crippen LogP contribution in [-0.4, -0.2) is 5.78 Å². The van der Waals surface area contributed by atoms with Gasteiger partial charge in [-0.3, -0.25) is 4.79 Å². The zero-order chi connectivity index (χ0) is 9.68. The number of hydrogen-bond donors (Lipinski definition) is 0. The molecule has 0 unspecified atom stereocenters. The molecule has 2 heteroatoms. The molecule has 0 radical (unpaired) electrons. The monoisotopic (exact) mass is 238 g/mol. The summed E-state index contributed by atoms with van der Waals surface area (Å²) in [5.74, 6) is 0.149. The number of allylic oxidation sites excluding steroid dienone is 1. The number of carbonyl (C=O) groups excluding carboxylic acids is 1. The second kappa shape index (κ2) is 4.97. The van der Waals surface area contributed by atoms with Crippen molar-refractivity contribution in [3.8, 4) is 0 Å². The van der Waals surface area contributed by atoms with E-state index in [1.807, 2.05) is 37.3 Å². The van der Waals surface area contributed by atoms with Crippen LogP contribution in [0.15, 0.2) is 34.8 Å². The molecular weight excluding hydrogens is 228 g/mol. The summed E-state index contributed by atoms with van der Waals surface area (Å²) in [4.78, 5) is 11.0. The zero-order valence-corrected chi connectivity index (χ0v) is 9.04. The maximum atomic E-state index is 11.0. The summed E-state index contributed by atoms with van der Waals surface area (Å²) in [5, 5.41) is 0. The minimum Gasteiger partial charge on any atom is -0.295 e. The smallest absolute Gasteiger partial charge is 0.155 e. The van der Waals surface area contributed by atoms with E-state index >= 15 is 0 Å². The van der Waals surface area contributed by atoms with Gasteiger partial charge in [0.05, 0.1) is 0 Å². The molecule has 0 atom stereocenters. The fourth-order valence-corrected chi connectivity index (χ4v) is 1.33. The molecule has 0 amide bonds. The molecule has 0 aliphatic carbocycles. The van der Waals surface area contributed by atoms with Crippen LogP contribution in [0.1, 0.15) is 18.9 Å². The third-order valence-electron chi connectivity index (χ3n) is 1.70. The highest BCUT2D eigenvalue weighted by Gasteiger charge is 1.94. The van der Waals surface area contributed by atoms with Gasteiger partial charge < -0.3 is 0 Å². The minimum atomic E-state index is 0.149. The SMILES string of the molecule is CCC(=O)/C=C/c1ccccc1Br. The van der Waals surface area contributed by atoms with Crippen LogP contribution in [0.5, 0.6) is 0 Å². The molecule has 0 aliphatic heterocycles. The molecule has 0 fully saturated rings. The summed E-state index contributed by atoms with van der Waals surface area (Å²) in [7, 11) is 0. The van der Waals surface area contributed by atoms with Crippen LogP contribution in [0.2, 0.25) is 0 Å². The molecule has 0 saturated heterocycles. The molecule has 1 aromatic carbocycles. The van der Waals surface area contributed by atoms with Crippen molar-refractivity contribution in [3.63, 3.8) is 0 Å². The Balaban J connectivity index is 2.80. The molecule has 1 rings (SSSR count). The standard InChI is InChI=1S/C11H11BrO/c1-2-10(13)8-7-9-5-3-4-6-11(9)12/h3-8H,2H2,1H3/b8-7+. The maximum Gasteiger partial charge on any atom is 0.155 e. The third-order valence-corrected chi connectivity index (χ3v) is 2.42. The van der Waals surface area contributed by atoms with E-state index in [1.165, 1.54) is 0 Å². The fraction of sp³-hybridized carbons (Fsp3) is 0.182. The van der Waals surface area contributed by atoms with Gasteiger partial charge in [-0.2, -0.15) is 0 Å². The van der Waals surface area contributed by atoms with E-state index in [0.717, 1.165) is 10.0 Å². The molecule has 0 heterocycles. The van der Waals surface area contributed by atoms with Crippen LogP contribution in [-0.2, 0) is 4.79 Å². The summed E-state index contributed by atoms with van der Waals surface area (Å²) in [5.41, 5.74) is 1.03. The van der Waals surface area contributed by atoms with Crippen molar-refractivity contribution in [2.75, 3.05) is 0 Å². The predicted octanol–water partition coefficient (Wildman–Crippen LogP) is 3.44. The average molecular weight is 239 g/mol. The molecule has 68 valence electrons. The van der Waals surface area contributed by atoms with Gasteiger partial charge in [0, 0.05) is 10.9 Å². The molecule has 13 heavy (non-hydrogen) atoms. The number of ketones is 1. The number of hydrogen-bond acceptors (Lipinski definition) is 1. The number of rotatable bonds is 3. The molecule has 0 bridgehead atoms. The van der Waals surface area contributed by atoms with Crippen LogP contribution in [0.3, 0.4) is 0 Å². The second-order valence-corrected chi connectivity index (χ2v) is 3.53. The van der Waals surface area contributed by atoms with Crippen molar-refractivity contribution >= 4 is 27.8 Å². The Morgan fingerprint density at radius 3 is 2.77 bits per heavy atom. The van der Waals surface area contributed by atoms with Gasteiger partial charge in [0.15, 0.2) is 5.78 Å². The van der Waals surface area contributed by atoms with Gasteiger partial charge in [-0.15, -0.1) is 0 Å². The molecule has 0 aromatic heterocycles. The van der Waals surface area contributed by atoms with Crippen molar-refractivity contribution in [2.24, 2.45) is 0 Å². The third kappa shape index (κ3) is 3.15. The predicted molar refractivity (Wildman–Crippen MR) is 58.5 cm³/mol. The quantitative estimate of drug-likeness (QED) is 0.738. The van der Waals surface area contributed by atoms with Gasteiger partial charge in [0.2, 0.25) is 0 Å². The first kappa shape index (κ1) is 10.2. The topological polar surface area (TPSA) is 17.1 Å².